The van der Waals surface area contributed by atoms with Crippen molar-refractivity contribution in [1.29, 1.82) is 0 Å². The zero-order chi connectivity index (χ0) is 18.7. The topological polar surface area (TPSA) is 73.5 Å². The zero-order valence-electron chi connectivity index (χ0n) is 14.7. The van der Waals surface area contributed by atoms with Crippen LogP contribution in [-0.2, 0) is 9.59 Å². The van der Waals surface area contributed by atoms with Gasteiger partial charge in [0.1, 0.15) is 24.3 Å². The molecule has 1 aliphatic rings. The van der Waals surface area contributed by atoms with Crippen molar-refractivity contribution in [2.24, 2.45) is 0 Å². The first-order valence-electron chi connectivity index (χ1n) is 8.77. The Kier molecular flexibility index (Phi) is 5.35. The molecule has 1 heterocycles. The molecule has 1 N–H and O–H groups in total. The number of hydrogen-bond donors (Lipinski definition) is 1. The molecule has 6 nitrogen and oxygen atoms in total. The summed E-state index contributed by atoms with van der Waals surface area (Å²) in [6.45, 7) is -0.372. The lowest BCUT2D eigenvalue weighted by molar-refractivity contribution is -0.132. The van der Waals surface area contributed by atoms with E-state index in [0.717, 1.165) is 25.7 Å². The number of rotatable bonds is 6. The average Bonchev–Trinajstić information content (AvgIpc) is 3.30. The van der Waals surface area contributed by atoms with Crippen LogP contribution < -0.4 is 0 Å². The Morgan fingerprint density at radius 2 is 2.04 bits per heavy atom. The molecule has 0 bridgehead atoms. The molecule has 0 atom stereocenters. The fourth-order valence-electron chi connectivity index (χ4n) is 3.48. The van der Waals surface area contributed by atoms with Gasteiger partial charge in [0.05, 0.1) is 12.1 Å². The van der Waals surface area contributed by atoms with Crippen molar-refractivity contribution in [3.8, 4) is 0 Å². The maximum absolute atomic E-state index is 13.8. The predicted molar refractivity (Wildman–Crippen MR) is 95.3 cm³/mol. The fraction of sp³-hybridized carbons (Fsp3) is 0.421. The molecule has 1 aromatic carbocycles. The first kappa shape index (κ1) is 18.1. The number of para-hydroxylation sites is 1. The molecule has 2 amide bonds. The highest BCUT2D eigenvalue weighted by Crippen LogP contribution is 2.23. The van der Waals surface area contributed by atoms with Gasteiger partial charge < -0.3 is 19.6 Å². The molecule has 0 unspecified atom stereocenters. The molecule has 2 aromatic rings. The van der Waals surface area contributed by atoms with Crippen molar-refractivity contribution in [1.82, 2.24) is 14.8 Å². The monoisotopic (exact) mass is 359 g/mol. The summed E-state index contributed by atoms with van der Waals surface area (Å²) in [6, 6.07) is 6.27. The number of hydrogen-bond acceptors (Lipinski definition) is 3. The second-order valence-corrected chi connectivity index (χ2v) is 6.68. The quantitative estimate of drug-likeness (QED) is 0.805. The third-order valence-electron chi connectivity index (χ3n) is 5.01. The summed E-state index contributed by atoms with van der Waals surface area (Å²) in [5, 5.41) is 0.564. The van der Waals surface area contributed by atoms with Gasteiger partial charge in [0.15, 0.2) is 0 Å². The molecule has 0 spiro atoms. The number of carbonyl (C=O) groups is 3. The van der Waals surface area contributed by atoms with Crippen LogP contribution in [0.2, 0.25) is 0 Å². The first-order chi connectivity index (χ1) is 12.5. The van der Waals surface area contributed by atoms with E-state index in [2.05, 4.69) is 4.98 Å². The largest absolute Gasteiger partial charge is 0.348 e. The predicted octanol–water partition coefficient (Wildman–Crippen LogP) is 2.35. The number of amides is 2. The molecule has 1 aromatic heterocycles. The normalized spacial score (nSPS) is 14.5. The van der Waals surface area contributed by atoms with Crippen LogP contribution in [0.4, 0.5) is 4.39 Å². The first-order valence-corrected chi connectivity index (χ1v) is 8.77. The summed E-state index contributed by atoms with van der Waals surface area (Å²) < 4.78 is 13.8. The second-order valence-electron chi connectivity index (χ2n) is 6.68. The van der Waals surface area contributed by atoms with E-state index in [1.54, 1.807) is 24.1 Å². The lowest BCUT2D eigenvalue weighted by Gasteiger charge is -2.27. The average molecular weight is 359 g/mol. The fourth-order valence-corrected chi connectivity index (χ4v) is 3.48. The highest BCUT2D eigenvalue weighted by molar-refractivity contribution is 6.00. The summed E-state index contributed by atoms with van der Waals surface area (Å²) in [6.07, 6.45) is 4.71. The third kappa shape index (κ3) is 3.61. The number of aldehydes is 1. The van der Waals surface area contributed by atoms with E-state index in [-0.39, 0.29) is 36.2 Å². The van der Waals surface area contributed by atoms with E-state index in [9.17, 15) is 18.8 Å². The number of aromatic amines is 1. The van der Waals surface area contributed by atoms with Crippen molar-refractivity contribution in [3.63, 3.8) is 0 Å². The van der Waals surface area contributed by atoms with Crippen LogP contribution in [0.25, 0.3) is 10.9 Å². The Bertz CT molecular complexity index is 827. The summed E-state index contributed by atoms with van der Waals surface area (Å²) in [5.41, 5.74) is 0.388. The SMILES string of the molecule is CN(C(=O)CN(CC=O)C(=O)c1cc2cccc(F)c2[nH]1)C1CCCC1. The molecule has 0 radical (unpaired) electrons. The number of aromatic nitrogens is 1. The van der Waals surface area contributed by atoms with Crippen LogP contribution in [0.3, 0.4) is 0 Å². The van der Waals surface area contributed by atoms with Gasteiger partial charge in [-0.25, -0.2) is 4.39 Å². The van der Waals surface area contributed by atoms with E-state index >= 15 is 0 Å². The molecule has 138 valence electrons. The van der Waals surface area contributed by atoms with Gasteiger partial charge >= 0.3 is 0 Å². The van der Waals surface area contributed by atoms with Gasteiger partial charge in [0.2, 0.25) is 5.91 Å². The van der Waals surface area contributed by atoms with Crippen molar-refractivity contribution >= 4 is 29.0 Å². The van der Waals surface area contributed by atoms with E-state index < -0.39 is 11.7 Å². The summed E-state index contributed by atoms with van der Waals surface area (Å²) >= 11 is 0. The Morgan fingerprint density at radius 1 is 1.31 bits per heavy atom. The second kappa shape index (κ2) is 7.68. The molecule has 1 aliphatic carbocycles. The molecule has 7 heteroatoms. The number of nitrogens with zero attached hydrogens (tertiary/aromatic N) is 2. The van der Waals surface area contributed by atoms with E-state index in [1.165, 1.54) is 17.0 Å². The van der Waals surface area contributed by atoms with Crippen LogP contribution in [0.15, 0.2) is 24.3 Å². The minimum atomic E-state index is -0.499. The van der Waals surface area contributed by atoms with Gasteiger partial charge in [0.25, 0.3) is 5.91 Å². The molecule has 3 rings (SSSR count). The van der Waals surface area contributed by atoms with Crippen LogP contribution in [-0.4, -0.2) is 59.1 Å². The van der Waals surface area contributed by atoms with Crippen LogP contribution in [0.5, 0.6) is 0 Å². The highest BCUT2D eigenvalue weighted by atomic mass is 19.1. The Hall–Kier alpha value is -2.70. The van der Waals surface area contributed by atoms with Gasteiger partial charge in [0, 0.05) is 18.5 Å². The number of fused-ring (bicyclic) bond motifs is 1. The van der Waals surface area contributed by atoms with Crippen LogP contribution >= 0.6 is 0 Å². The lowest BCUT2D eigenvalue weighted by atomic mass is 10.2. The lowest BCUT2D eigenvalue weighted by Crippen LogP contribution is -2.45. The minimum Gasteiger partial charge on any atom is -0.348 e. The smallest absolute Gasteiger partial charge is 0.271 e. The third-order valence-corrected chi connectivity index (χ3v) is 5.01. The van der Waals surface area contributed by atoms with Gasteiger partial charge in [-0.3, -0.25) is 9.59 Å². The Balaban J connectivity index is 1.77. The number of carbonyl (C=O) groups excluding carboxylic acids is 3. The molecule has 26 heavy (non-hydrogen) atoms. The van der Waals surface area contributed by atoms with Gasteiger partial charge in [-0.05, 0) is 25.0 Å². The number of likely N-dealkylation sites (N-methyl/N-ethyl adjacent to an activating group) is 1. The minimum absolute atomic E-state index is 0.156. The Morgan fingerprint density at radius 3 is 2.69 bits per heavy atom. The standard InChI is InChI=1S/C19H22FN3O3/c1-22(14-6-2-3-7-14)17(25)12-23(9-10-24)19(26)16-11-13-5-4-8-15(20)18(13)21-16/h4-5,8,10-11,14,21H,2-3,6-7,9,12H2,1H3. The van der Waals surface area contributed by atoms with E-state index in [0.29, 0.717) is 11.7 Å². The maximum atomic E-state index is 13.8. The number of halogens is 1. The van der Waals surface area contributed by atoms with E-state index in [4.69, 9.17) is 0 Å². The van der Waals surface area contributed by atoms with Gasteiger partial charge in [-0.2, -0.15) is 0 Å². The molecule has 0 aliphatic heterocycles. The summed E-state index contributed by atoms with van der Waals surface area (Å²) in [7, 11) is 1.74. The maximum Gasteiger partial charge on any atom is 0.271 e. The number of H-pyrrole nitrogens is 1. The van der Waals surface area contributed by atoms with E-state index in [1.807, 2.05) is 0 Å². The zero-order valence-corrected chi connectivity index (χ0v) is 14.7. The number of nitrogens with one attached hydrogen (secondary N) is 1. The highest BCUT2D eigenvalue weighted by Gasteiger charge is 2.27. The number of benzene rings is 1. The molecular weight excluding hydrogens is 337 g/mol. The molecule has 0 saturated heterocycles. The molecule has 1 saturated carbocycles. The summed E-state index contributed by atoms with van der Waals surface area (Å²) in [5.74, 6) is -1.16. The van der Waals surface area contributed by atoms with Crippen molar-refractivity contribution in [2.75, 3.05) is 20.1 Å². The molecular formula is C19H22FN3O3. The van der Waals surface area contributed by atoms with Crippen molar-refractivity contribution in [3.05, 3.63) is 35.8 Å². The van der Waals surface area contributed by atoms with Crippen LogP contribution in [0, 0.1) is 5.82 Å². The van der Waals surface area contributed by atoms with Crippen LogP contribution in [0.1, 0.15) is 36.2 Å². The summed E-state index contributed by atoms with van der Waals surface area (Å²) in [4.78, 5) is 41.9. The van der Waals surface area contributed by atoms with Crippen molar-refractivity contribution < 1.29 is 18.8 Å². The Labute approximate surface area is 151 Å². The molecule has 1 fully saturated rings. The van der Waals surface area contributed by atoms with Gasteiger partial charge in [-0.1, -0.05) is 25.0 Å². The van der Waals surface area contributed by atoms with Gasteiger partial charge in [-0.15, -0.1) is 0 Å². The van der Waals surface area contributed by atoms with Crippen molar-refractivity contribution in [2.45, 2.75) is 31.7 Å².